The van der Waals surface area contributed by atoms with Crippen molar-refractivity contribution in [2.45, 2.75) is 12.7 Å². The zero-order valence-electron chi connectivity index (χ0n) is 10.7. The van der Waals surface area contributed by atoms with E-state index >= 15 is 0 Å². The van der Waals surface area contributed by atoms with Crippen LogP contribution in [0.5, 0.6) is 0 Å². The van der Waals surface area contributed by atoms with Crippen LogP contribution in [0.3, 0.4) is 0 Å². The van der Waals surface area contributed by atoms with Crippen molar-refractivity contribution in [2.24, 2.45) is 0 Å². The standard InChI is InChI=1S/C13H17BrF3NO/c1-18(7-9-19-8-6-14)10-11-2-4-12(5-3-11)13(15,16)17/h2-5H,6-10H2,1H3. The Morgan fingerprint density at radius 3 is 2.32 bits per heavy atom. The highest BCUT2D eigenvalue weighted by Crippen LogP contribution is 2.29. The lowest BCUT2D eigenvalue weighted by Gasteiger charge is -2.17. The van der Waals surface area contributed by atoms with E-state index in [9.17, 15) is 13.2 Å². The summed E-state index contributed by atoms with van der Waals surface area (Å²) in [7, 11) is 1.91. The molecule has 2 nitrogen and oxygen atoms in total. The number of rotatable bonds is 7. The second-order valence-electron chi connectivity index (χ2n) is 4.23. The SMILES string of the molecule is CN(CCOCCBr)Cc1ccc(C(F)(F)F)cc1. The van der Waals surface area contributed by atoms with Gasteiger partial charge in [-0.3, -0.25) is 4.90 Å². The minimum atomic E-state index is -4.27. The molecule has 0 aromatic heterocycles. The Labute approximate surface area is 119 Å². The molecule has 108 valence electrons. The second-order valence-corrected chi connectivity index (χ2v) is 5.03. The van der Waals surface area contributed by atoms with E-state index in [1.54, 1.807) is 0 Å². The van der Waals surface area contributed by atoms with Crippen LogP contribution in [0.2, 0.25) is 0 Å². The summed E-state index contributed by atoms with van der Waals surface area (Å²) in [6, 6.07) is 5.26. The molecule has 0 spiro atoms. The molecule has 1 aromatic carbocycles. The highest BCUT2D eigenvalue weighted by molar-refractivity contribution is 9.09. The molecule has 0 saturated carbocycles. The lowest BCUT2D eigenvalue weighted by atomic mass is 10.1. The minimum absolute atomic E-state index is 0.607. The molecule has 1 rings (SSSR count). The van der Waals surface area contributed by atoms with Gasteiger partial charge in [-0.05, 0) is 24.7 Å². The van der Waals surface area contributed by atoms with Gasteiger partial charge in [-0.25, -0.2) is 0 Å². The molecule has 0 amide bonds. The number of likely N-dealkylation sites (N-methyl/N-ethyl adjacent to an activating group) is 1. The third-order valence-corrected chi connectivity index (χ3v) is 2.90. The molecule has 19 heavy (non-hydrogen) atoms. The van der Waals surface area contributed by atoms with Crippen molar-refractivity contribution in [3.05, 3.63) is 35.4 Å². The lowest BCUT2D eigenvalue weighted by molar-refractivity contribution is -0.137. The number of benzene rings is 1. The fourth-order valence-corrected chi connectivity index (χ4v) is 1.80. The maximum atomic E-state index is 12.4. The first-order valence-electron chi connectivity index (χ1n) is 5.92. The van der Waals surface area contributed by atoms with E-state index in [4.69, 9.17) is 4.74 Å². The normalized spacial score (nSPS) is 12.1. The number of alkyl halides is 4. The van der Waals surface area contributed by atoms with Gasteiger partial charge in [-0.2, -0.15) is 13.2 Å². The first-order valence-corrected chi connectivity index (χ1v) is 7.04. The molecule has 0 aliphatic carbocycles. The first-order chi connectivity index (χ1) is 8.93. The number of hydrogen-bond donors (Lipinski definition) is 0. The van der Waals surface area contributed by atoms with E-state index in [2.05, 4.69) is 15.9 Å². The van der Waals surface area contributed by atoms with Gasteiger partial charge in [0.2, 0.25) is 0 Å². The van der Waals surface area contributed by atoms with Crippen molar-refractivity contribution in [2.75, 3.05) is 32.1 Å². The summed E-state index contributed by atoms with van der Waals surface area (Å²) in [6.45, 7) is 2.63. The van der Waals surface area contributed by atoms with E-state index in [0.29, 0.717) is 19.8 Å². The van der Waals surface area contributed by atoms with Gasteiger partial charge < -0.3 is 4.74 Å². The van der Waals surface area contributed by atoms with Crippen LogP contribution in [0.15, 0.2) is 24.3 Å². The quantitative estimate of drug-likeness (QED) is 0.556. The molecule has 0 saturated heterocycles. The monoisotopic (exact) mass is 339 g/mol. The maximum absolute atomic E-state index is 12.4. The summed E-state index contributed by atoms with van der Waals surface area (Å²) in [5.74, 6) is 0. The van der Waals surface area contributed by atoms with Crippen molar-refractivity contribution in [1.29, 1.82) is 0 Å². The van der Waals surface area contributed by atoms with Gasteiger partial charge in [0.25, 0.3) is 0 Å². The zero-order valence-corrected chi connectivity index (χ0v) is 12.3. The molecular formula is C13H17BrF3NO. The molecule has 0 N–H and O–H groups in total. The van der Waals surface area contributed by atoms with Gasteiger partial charge in [0.15, 0.2) is 0 Å². The molecule has 0 aliphatic heterocycles. The molecule has 0 radical (unpaired) electrons. The fraction of sp³-hybridized carbons (Fsp3) is 0.538. The third-order valence-electron chi connectivity index (χ3n) is 2.57. The van der Waals surface area contributed by atoms with E-state index in [0.717, 1.165) is 29.6 Å². The Hall–Kier alpha value is -0.590. The highest BCUT2D eigenvalue weighted by Gasteiger charge is 2.29. The van der Waals surface area contributed by atoms with Gasteiger partial charge >= 0.3 is 6.18 Å². The Bertz CT molecular complexity index is 367. The van der Waals surface area contributed by atoms with Gasteiger partial charge in [0.1, 0.15) is 0 Å². The Morgan fingerprint density at radius 1 is 1.16 bits per heavy atom. The van der Waals surface area contributed by atoms with Gasteiger partial charge in [-0.1, -0.05) is 28.1 Å². The van der Waals surface area contributed by atoms with E-state index in [1.807, 2.05) is 11.9 Å². The zero-order chi connectivity index (χ0) is 14.3. The summed E-state index contributed by atoms with van der Waals surface area (Å²) in [5.41, 5.74) is 0.246. The van der Waals surface area contributed by atoms with Crippen molar-refractivity contribution >= 4 is 15.9 Å². The average molecular weight is 340 g/mol. The van der Waals surface area contributed by atoms with Crippen LogP contribution in [0.25, 0.3) is 0 Å². The van der Waals surface area contributed by atoms with Crippen molar-refractivity contribution in [3.8, 4) is 0 Å². The van der Waals surface area contributed by atoms with Crippen molar-refractivity contribution < 1.29 is 17.9 Å². The highest BCUT2D eigenvalue weighted by atomic mass is 79.9. The molecule has 1 aromatic rings. The third kappa shape index (κ3) is 6.40. The topological polar surface area (TPSA) is 12.5 Å². The average Bonchev–Trinajstić information content (AvgIpc) is 2.34. The lowest BCUT2D eigenvalue weighted by Crippen LogP contribution is -2.23. The Kier molecular flexibility index (Phi) is 6.82. The summed E-state index contributed by atoms with van der Waals surface area (Å²) in [4.78, 5) is 2.01. The molecule has 0 aliphatic rings. The summed E-state index contributed by atoms with van der Waals surface area (Å²) < 4.78 is 42.5. The molecule has 0 heterocycles. The van der Waals surface area contributed by atoms with Gasteiger partial charge in [0.05, 0.1) is 18.8 Å². The second kappa shape index (κ2) is 7.87. The number of ether oxygens (including phenoxy) is 1. The Morgan fingerprint density at radius 2 is 1.79 bits per heavy atom. The number of nitrogens with zero attached hydrogens (tertiary/aromatic N) is 1. The molecule has 0 unspecified atom stereocenters. The summed E-state index contributed by atoms with van der Waals surface area (Å²) in [6.07, 6.45) is -4.27. The molecular weight excluding hydrogens is 323 g/mol. The fourth-order valence-electron chi connectivity index (χ4n) is 1.57. The molecule has 6 heteroatoms. The number of hydrogen-bond acceptors (Lipinski definition) is 2. The van der Waals surface area contributed by atoms with E-state index in [1.165, 1.54) is 12.1 Å². The number of halogens is 4. The molecule has 0 atom stereocenters. The van der Waals surface area contributed by atoms with Crippen LogP contribution in [-0.4, -0.2) is 37.0 Å². The van der Waals surface area contributed by atoms with E-state index in [-0.39, 0.29) is 0 Å². The predicted octanol–water partition coefficient (Wildman–Crippen LogP) is 3.55. The Balaban J connectivity index is 2.40. The van der Waals surface area contributed by atoms with Gasteiger partial charge in [-0.15, -0.1) is 0 Å². The minimum Gasteiger partial charge on any atom is -0.379 e. The van der Waals surface area contributed by atoms with Gasteiger partial charge in [0, 0.05) is 18.4 Å². The van der Waals surface area contributed by atoms with Crippen molar-refractivity contribution in [1.82, 2.24) is 4.90 Å². The van der Waals surface area contributed by atoms with Crippen LogP contribution >= 0.6 is 15.9 Å². The van der Waals surface area contributed by atoms with Crippen LogP contribution in [0.4, 0.5) is 13.2 Å². The van der Waals surface area contributed by atoms with Crippen LogP contribution in [0.1, 0.15) is 11.1 Å². The summed E-state index contributed by atoms with van der Waals surface area (Å²) >= 11 is 3.26. The summed E-state index contributed by atoms with van der Waals surface area (Å²) in [5, 5.41) is 0.801. The van der Waals surface area contributed by atoms with Crippen LogP contribution < -0.4 is 0 Å². The van der Waals surface area contributed by atoms with Crippen LogP contribution in [-0.2, 0) is 17.5 Å². The largest absolute Gasteiger partial charge is 0.416 e. The van der Waals surface area contributed by atoms with Crippen molar-refractivity contribution in [3.63, 3.8) is 0 Å². The molecule has 0 bridgehead atoms. The maximum Gasteiger partial charge on any atom is 0.416 e. The predicted molar refractivity (Wildman–Crippen MR) is 72.4 cm³/mol. The smallest absolute Gasteiger partial charge is 0.379 e. The van der Waals surface area contributed by atoms with Crippen LogP contribution in [0, 0.1) is 0 Å². The first kappa shape index (κ1) is 16.5. The van der Waals surface area contributed by atoms with E-state index < -0.39 is 11.7 Å². The molecule has 0 fully saturated rings.